The van der Waals surface area contributed by atoms with Crippen molar-refractivity contribution in [2.45, 2.75) is 61.8 Å². The molecule has 0 unspecified atom stereocenters. The fraction of sp³-hybridized carbons (Fsp3) is 0.250. The van der Waals surface area contributed by atoms with Crippen LogP contribution >= 0.6 is 0 Å². The van der Waals surface area contributed by atoms with E-state index in [2.05, 4.69) is 11.1 Å². The summed E-state index contributed by atoms with van der Waals surface area (Å²) in [6.07, 6.45) is 2.26. The molecule has 0 bridgehead atoms. The molecule has 216 valence electrons. The quantitative estimate of drug-likeness (QED) is 0.259. The van der Waals surface area contributed by atoms with Crippen LogP contribution in [0.25, 0.3) is 11.1 Å². The van der Waals surface area contributed by atoms with E-state index in [4.69, 9.17) is 5.73 Å². The van der Waals surface area contributed by atoms with Gasteiger partial charge in [-0.15, -0.1) is 0 Å². The number of aromatic nitrogens is 2. The molecule has 0 spiro atoms. The van der Waals surface area contributed by atoms with Gasteiger partial charge in [0.25, 0.3) is 5.56 Å². The molecule has 0 aliphatic carbocycles. The molecule has 4 aromatic rings. The monoisotopic (exact) mass is 584 g/mol. The molecular formula is C32H32N4O5S. The van der Waals surface area contributed by atoms with Gasteiger partial charge in [-0.25, -0.2) is 8.42 Å². The fourth-order valence-electron chi connectivity index (χ4n) is 5.08. The molecule has 0 saturated heterocycles. The van der Waals surface area contributed by atoms with Crippen molar-refractivity contribution in [1.82, 2.24) is 9.55 Å². The van der Waals surface area contributed by atoms with E-state index in [1.54, 1.807) is 60.7 Å². The highest BCUT2D eigenvalue weighted by atomic mass is 32.2. The molecule has 3 aromatic carbocycles. The van der Waals surface area contributed by atoms with Crippen LogP contribution in [0.1, 0.15) is 61.7 Å². The van der Waals surface area contributed by atoms with E-state index >= 15 is 0 Å². The Bertz CT molecular complexity index is 1820. The number of rotatable bonds is 11. The van der Waals surface area contributed by atoms with Crippen LogP contribution in [-0.4, -0.2) is 29.0 Å². The van der Waals surface area contributed by atoms with Crippen molar-refractivity contribution >= 4 is 15.7 Å². The molecule has 3 N–H and O–H groups in total. The SMILES string of the molecule is CCCCc1nc(O)c(S(=O)(=O)c2ccc(-c3ccccc3CC(N)=O)cc2)c(=O)n1[C@@H](CC)c1cccc(C#N)c1. The molecule has 1 heterocycles. The number of hydrogen-bond donors (Lipinski definition) is 2. The van der Waals surface area contributed by atoms with Crippen molar-refractivity contribution in [3.63, 3.8) is 0 Å². The molecule has 0 saturated carbocycles. The lowest BCUT2D eigenvalue weighted by molar-refractivity contribution is -0.117. The van der Waals surface area contributed by atoms with E-state index in [9.17, 15) is 28.4 Å². The number of carbonyl (C=O) groups is 1. The van der Waals surface area contributed by atoms with E-state index in [1.165, 1.54) is 16.7 Å². The number of aryl methyl sites for hydroxylation is 1. The van der Waals surface area contributed by atoms with E-state index in [-0.39, 0.29) is 17.1 Å². The average Bonchev–Trinajstić information content (AvgIpc) is 2.97. The number of sulfone groups is 1. The second-order valence-electron chi connectivity index (χ2n) is 9.95. The molecule has 42 heavy (non-hydrogen) atoms. The molecule has 10 heteroatoms. The predicted molar refractivity (Wildman–Crippen MR) is 159 cm³/mol. The second kappa shape index (κ2) is 12.8. The maximum absolute atomic E-state index is 14.0. The van der Waals surface area contributed by atoms with Gasteiger partial charge in [-0.05, 0) is 59.4 Å². The number of benzene rings is 3. The van der Waals surface area contributed by atoms with Gasteiger partial charge in [0, 0.05) is 6.42 Å². The normalized spacial score (nSPS) is 12.0. The smallest absolute Gasteiger partial charge is 0.277 e. The zero-order valence-electron chi connectivity index (χ0n) is 23.4. The molecule has 1 atom stereocenters. The Morgan fingerprint density at radius 3 is 2.43 bits per heavy atom. The van der Waals surface area contributed by atoms with Crippen molar-refractivity contribution in [2.75, 3.05) is 0 Å². The third-order valence-corrected chi connectivity index (χ3v) is 8.90. The lowest BCUT2D eigenvalue weighted by atomic mass is 9.98. The summed E-state index contributed by atoms with van der Waals surface area (Å²) < 4.78 is 29.0. The van der Waals surface area contributed by atoms with Crippen LogP contribution in [0.15, 0.2) is 87.4 Å². The lowest BCUT2D eigenvalue weighted by Gasteiger charge is -2.23. The maximum Gasteiger partial charge on any atom is 0.277 e. The Morgan fingerprint density at radius 2 is 1.79 bits per heavy atom. The number of nitrogens with zero attached hydrogens (tertiary/aromatic N) is 3. The largest absolute Gasteiger partial charge is 0.492 e. The maximum atomic E-state index is 14.0. The van der Waals surface area contributed by atoms with Crippen molar-refractivity contribution < 1.29 is 18.3 Å². The number of hydrogen-bond acceptors (Lipinski definition) is 7. The number of nitriles is 1. The van der Waals surface area contributed by atoms with Crippen LogP contribution in [-0.2, 0) is 27.5 Å². The molecule has 9 nitrogen and oxygen atoms in total. The fourth-order valence-corrected chi connectivity index (χ4v) is 6.42. The Balaban J connectivity index is 1.85. The van der Waals surface area contributed by atoms with Gasteiger partial charge in [0.2, 0.25) is 21.6 Å². The Hall–Kier alpha value is -4.75. The van der Waals surface area contributed by atoms with Crippen LogP contribution < -0.4 is 11.3 Å². The molecule has 0 aliphatic rings. The first-order valence-electron chi connectivity index (χ1n) is 13.7. The first kappa shape index (κ1) is 30.2. The molecule has 4 rings (SSSR count). The topological polar surface area (TPSA) is 156 Å². The average molecular weight is 585 g/mol. The van der Waals surface area contributed by atoms with Gasteiger partial charge in [0.15, 0.2) is 4.90 Å². The van der Waals surface area contributed by atoms with E-state index < -0.39 is 38.1 Å². The number of carbonyl (C=O) groups excluding carboxylic acids is 1. The predicted octanol–water partition coefficient (Wildman–Crippen LogP) is 4.69. The summed E-state index contributed by atoms with van der Waals surface area (Å²) in [6, 6.07) is 21.3. The van der Waals surface area contributed by atoms with Crippen molar-refractivity contribution in [3.05, 3.63) is 106 Å². The van der Waals surface area contributed by atoms with Crippen LogP contribution in [0.2, 0.25) is 0 Å². The van der Waals surface area contributed by atoms with Gasteiger partial charge in [0.05, 0.1) is 29.0 Å². The minimum absolute atomic E-state index is 0.0234. The minimum Gasteiger partial charge on any atom is -0.492 e. The summed E-state index contributed by atoms with van der Waals surface area (Å²) in [5.74, 6) is -1.07. The van der Waals surface area contributed by atoms with Crippen molar-refractivity contribution in [2.24, 2.45) is 5.73 Å². The van der Waals surface area contributed by atoms with Gasteiger partial charge >= 0.3 is 0 Å². The van der Waals surface area contributed by atoms with Gasteiger partial charge in [-0.2, -0.15) is 10.2 Å². The summed E-state index contributed by atoms with van der Waals surface area (Å²) >= 11 is 0. The second-order valence-corrected chi connectivity index (χ2v) is 11.8. The first-order chi connectivity index (χ1) is 20.1. The van der Waals surface area contributed by atoms with Crippen LogP contribution in [0, 0.1) is 11.3 Å². The van der Waals surface area contributed by atoms with E-state index in [0.717, 1.165) is 12.0 Å². The van der Waals surface area contributed by atoms with Crippen molar-refractivity contribution in [3.8, 4) is 23.1 Å². The highest BCUT2D eigenvalue weighted by Gasteiger charge is 2.31. The van der Waals surface area contributed by atoms with Gasteiger partial charge in [-0.1, -0.05) is 68.8 Å². The Labute approximate surface area is 244 Å². The minimum atomic E-state index is -4.50. The Morgan fingerprint density at radius 1 is 1.07 bits per heavy atom. The molecule has 0 aliphatic heterocycles. The third kappa shape index (κ3) is 6.11. The third-order valence-electron chi connectivity index (χ3n) is 7.11. The Kier molecular flexibility index (Phi) is 9.23. The van der Waals surface area contributed by atoms with Gasteiger partial charge in [-0.3, -0.25) is 14.2 Å². The van der Waals surface area contributed by atoms with Crippen molar-refractivity contribution in [1.29, 1.82) is 5.26 Å². The van der Waals surface area contributed by atoms with Crippen LogP contribution in [0.5, 0.6) is 5.88 Å². The van der Waals surface area contributed by atoms with Gasteiger partial charge in [0.1, 0.15) is 5.82 Å². The summed E-state index contributed by atoms with van der Waals surface area (Å²) in [4.78, 5) is 28.8. The first-order valence-corrected chi connectivity index (χ1v) is 15.2. The molecular weight excluding hydrogens is 552 g/mol. The van der Waals surface area contributed by atoms with Gasteiger partial charge < -0.3 is 10.8 Å². The summed E-state index contributed by atoms with van der Waals surface area (Å²) in [5, 5.41) is 20.3. The summed E-state index contributed by atoms with van der Waals surface area (Å²) in [7, 11) is -4.50. The van der Waals surface area contributed by atoms with Crippen LogP contribution in [0.4, 0.5) is 0 Å². The van der Waals surface area contributed by atoms with E-state index in [0.29, 0.717) is 41.5 Å². The molecule has 1 aromatic heterocycles. The molecule has 0 radical (unpaired) electrons. The highest BCUT2D eigenvalue weighted by molar-refractivity contribution is 7.91. The number of primary amides is 1. The summed E-state index contributed by atoms with van der Waals surface area (Å²) in [5.41, 5.74) is 7.65. The summed E-state index contributed by atoms with van der Waals surface area (Å²) in [6.45, 7) is 3.83. The number of aromatic hydroxyl groups is 1. The standard InChI is InChI=1S/C32H32N4O5S/c1-3-5-13-29-35-31(38)30(32(39)36(29)27(4-2)24-11-8-9-21(18-24)20-33)42(40,41)25-16-14-22(15-17-25)26-12-7-6-10-23(26)19-28(34)37/h6-12,14-18,27,38H,3-5,13,19H2,1-2H3,(H2,34,37)/t27-/m0/s1. The number of nitrogens with two attached hydrogens (primary N) is 1. The zero-order valence-corrected chi connectivity index (χ0v) is 24.3. The van der Waals surface area contributed by atoms with Crippen LogP contribution in [0.3, 0.4) is 0 Å². The molecule has 1 amide bonds. The van der Waals surface area contributed by atoms with E-state index in [1.807, 2.05) is 13.8 Å². The zero-order chi connectivity index (χ0) is 30.4. The highest BCUT2D eigenvalue weighted by Crippen LogP contribution is 2.31. The lowest BCUT2D eigenvalue weighted by Crippen LogP contribution is -2.33. The number of amides is 1. The number of unbranched alkanes of at least 4 members (excludes halogenated alkanes) is 1. The molecule has 0 fully saturated rings.